The minimum absolute atomic E-state index is 0.0383. The second kappa shape index (κ2) is 6.67. The summed E-state index contributed by atoms with van der Waals surface area (Å²) in [5.74, 6) is -1.28. The Morgan fingerprint density at radius 3 is 2.46 bits per heavy atom. The van der Waals surface area contributed by atoms with E-state index >= 15 is 0 Å². The van der Waals surface area contributed by atoms with Crippen molar-refractivity contribution in [3.63, 3.8) is 0 Å². The first-order valence-corrected chi connectivity index (χ1v) is 7.32. The highest BCUT2D eigenvalue weighted by molar-refractivity contribution is 6.12. The largest absolute Gasteiger partial charge is 0.496 e. The zero-order valence-electron chi connectivity index (χ0n) is 13.4. The predicted octanol–water partition coefficient (Wildman–Crippen LogP) is 3.30. The van der Waals surface area contributed by atoms with Gasteiger partial charge in [0.25, 0.3) is 0 Å². The van der Waals surface area contributed by atoms with Crippen LogP contribution in [0.5, 0.6) is 5.75 Å². The number of primary amides is 1. The maximum Gasteiger partial charge on any atom is 0.412 e. The zero-order chi connectivity index (χ0) is 18.8. The Hall–Kier alpha value is -3.68. The van der Waals surface area contributed by atoms with Gasteiger partial charge in [0.2, 0.25) is 0 Å². The molecule has 0 aliphatic carbocycles. The Kier molecular flexibility index (Phi) is 4.40. The van der Waals surface area contributed by atoms with E-state index in [0.29, 0.717) is 11.8 Å². The standard InChI is InChI=1S/C18H12FNO6/c1-24-13-7-12-14(6-10(13)8-21)25-16(9-2-4-11(19)5-3-9)15(12)17(22)26-18(20)23/h2-8H,1H3,(H2,20,23). The lowest BCUT2D eigenvalue weighted by molar-refractivity contribution is 0.0640. The van der Waals surface area contributed by atoms with Crippen molar-refractivity contribution in [2.24, 2.45) is 5.73 Å². The van der Waals surface area contributed by atoms with Gasteiger partial charge in [0.05, 0.1) is 12.7 Å². The highest BCUT2D eigenvalue weighted by Gasteiger charge is 2.26. The number of halogens is 1. The number of hydrogen-bond acceptors (Lipinski definition) is 6. The summed E-state index contributed by atoms with van der Waals surface area (Å²) in [4.78, 5) is 34.6. The van der Waals surface area contributed by atoms with Crippen molar-refractivity contribution in [3.8, 4) is 17.1 Å². The fourth-order valence-electron chi connectivity index (χ4n) is 2.56. The van der Waals surface area contributed by atoms with E-state index in [2.05, 4.69) is 4.74 Å². The zero-order valence-corrected chi connectivity index (χ0v) is 13.4. The van der Waals surface area contributed by atoms with Gasteiger partial charge in [-0.2, -0.15) is 0 Å². The summed E-state index contributed by atoms with van der Waals surface area (Å²) in [5.41, 5.74) is 5.58. The van der Waals surface area contributed by atoms with Gasteiger partial charge in [0.1, 0.15) is 28.5 Å². The fourth-order valence-corrected chi connectivity index (χ4v) is 2.56. The van der Waals surface area contributed by atoms with Crippen molar-refractivity contribution >= 4 is 29.3 Å². The number of rotatable bonds is 4. The van der Waals surface area contributed by atoms with Gasteiger partial charge in [0.15, 0.2) is 6.29 Å². The van der Waals surface area contributed by atoms with Crippen LogP contribution >= 0.6 is 0 Å². The number of benzene rings is 2. The normalized spacial score (nSPS) is 10.5. The van der Waals surface area contributed by atoms with Gasteiger partial charge in [0, 0.05) is 10.9 Å². The molecule has 7 nitrogen and oxygen atoms in total. The quantitative estimate of drug-likeness (QED) is 0.436. The molecule has 0 aliphatic rings. The lowest BCUT2D eigenvalue weighted by atomic mass is 10.0. The van der Waals surface area contributed by atoms with Crippen LogP contribution in [0, 0.1) is 5.82 Å². The number of fused-ring (bicyclic) bond motifs is 1. The predicted molar refractivity (Wildman–Crippen MR) is 88.5 cm³/mol. The molecule has 1 aromatic heterocycles. The number of carbonyl (C=O) groups is 3. The lowest BCUT2D eigenvalue weighted by Gasteiger charge is -2.04. The maximum absolute atomic E-state index is 13.2. The van der Waals surface area contributed by atoms with Crippen LogP contribution in [0.3, 0.4) is 0 Å². The molecule has 3 rings (SSSR count). The molecule has 2 aromatic carbocycles. The molecule has 1 amide bonds. The lowest BCUT2D eigenvalue weighted by Crippen LogP contribution is -2.18. The monoisotopic (exact) mass is 357 g/mol. The van der Waals surface area contributed by atoms with Crippen molar-refractivity contribution in [1.29, 1.82) is 0 Å². The first-order chi connectivity index (χ1) is 12.4. The van der Waals surface area contributed by atoms with Gasteiger partial charge in [-0.3, -0.25) is 4.79 Å². The summed E-state index contributed by atoms with van der Waals surface area (Å²) < 4.78 is 28.5. The third-order valence-electron chi connectivity index (χ3n) is 3.67. The van der Waals surface area contributed by atoms with E-state index in [-0.39, 0.29) is 33.6 Å². The minimum atomic E-state index is -1.29. The van der Waals surface area contributed by atoms with Crippen molar-refractivity contribution in [2.45, 2.75) is 0 Å². The average molecular weight is 357 g/mol. The molecule has 0 bridgehead atoms. The number of aldehydes is 1. The van der Waals surface area contributed by atoms with Crippen LogP contribution in [0.4, 0.5) is 9.18 Å². The van der Waals surface area contributed by atoms with Crippen molar-refractivity contribution in [2.75, 3.05) is 7.11 Å². The van der Waals surface area contributed by atoms with E-state index in [4.69, 9.17) is 14.9 Å². The Morgan fingerprint density at radius 2 is 1.88 bits per heavy atom. The Labute approximate surface area is 146 Å². The number of methoxy groups -OCH3 is 1. The molecule has 26 heavy (non-hydrogen) atoms. The third-order valence-corrected chi connectivity index (χ3v) is 3.67. The van der Waals surface area contributed by atoms with E-state index in [1.54, 1.807) is 0 Å². The molecule has 0 atom stereocenters. The molecule has 0 fully saturated rings. The molecule has 1 heterocycles. The number of nitrogens with two attached hydrogens (primary N) is 1. The minimum Gasteiger partial charge on any atom is -0.496 e. The van der Waals surface area contributed by atoms with Gasteiger partial charge >= 0.3 is 12.1 Å². The summed E-state index contributed by atoms with van der Waals surface area (Å²) in [5, 5.41) is 0.248. The van der Waals surface area contributed by atoms with Gasteiger partial charge in [-0.1, -0.05) is 0 Å². The van der Waals surface area contributed by atoms with Crippen molar-refractivity contribution < 1.29 is 32.7 Å². The molecule has 8 heteroatoms. The Bertz CT molecular complexity index is 1020. The summed E-state index contributed by atoms with van der Waals surface area (Å²) in [6.45, 7) is 0. The molecule has 0 saturated carbocycles. The molecule has 3 aromatic rings. The van der Waals surface area contributed by atoms with E-state index in [9.17, 15) is 18.8 Å². The molecule has 2 N–H and O–H groups in total. The summed E-state index contributed by atoms with van der Waals surface area (Å²) in [6.07, 6.45) is -0.717. The maximum atomic E-state index is 13.2. The molecule has 0 saturated heterocycles. The van der Waals surface area contributed by atoms with Crippen LogP contribution < -0.4 is 10.5 Å². The second-order valence-electron chi connectivity index (χ2n) is 5.23. The first-order valence-electron chi connectivity index (χ1n) is 7.32. The molecule has 132 valence electrons. The summed E-state index contributed by atoms with van der Waals surface area (Å²) in [6, 6.07) is 7.95. The Balaban J connectivity index is 2.31. The van der Waals surface area contributed by atoms with Crippen LogP contribution in [-0.2, 0) is 4.74 Å². The van der Waals surface area contributed by atoms with Crippen LogP contribution in [0.25, 0.3) is 22.3 Å². The first kappa shape index (κ1) is 17.2. The molecule has 0 spiro atoms. The fraction of sp³-hybridized carbons (Fsp3) is 0.0556. The SMILES string of the molecule is COc1cc2c(C(=O)OC(N)=O)c(-c3ccc(F)cc3)oc2cc1C=O. The van der Waals surface area contributed by atoms with E-state index in [1.165, 1.54) is 43.5 Å². The van der Waals surface area contributed by atoms with Crippen LogP contribution in [0.1, 0.15) is 20.7 Å². The van der Waals surface area contributed by atoms with E-state index < -0.39 is 17.9 Å². The number of furan rings is 1. The second-order valence-corrected chi connectivity index (χ2v) is 5.23. The number of carbonyl (C=O) groups excluding carboxylic acids is 3. The van der Waals surface area contributed by atoms with Gasteiger partial charge in [-0.05, 0) is 36.4 Å². The van der Waals surface area contributed by atoms with Gasteiger partial charge in [-0.15, -0.1) is 0 Å². The Morgan fingerprint density at radius 1 is 1.19 bits per heavy atom. The van der Waals surface area contributed by atoms with Crippen molar-refractivity contribution in [1.82, 2.24) is 0 Å². The highest BCUT2D eigenvalue weighted by atomic mass is 19.1. The molecular weight excluding hydrogens is 345 g/mol. The number of esters is 1. The molecule has 0 unspecified atom stereocenters. The number of ether oxygens (including phenoxy) is 2. The van der Waals surface area contributed by atoms with Crippen LogP contribution in [-0.4, -0.2) is 25.5 Å². The van der Waals surface area contributed by atoms with E-state index in [1.807, 2.05) is 0 Å². The molecular formula is C18H12FNO6. The van der Waals surface area contributed by atoms with Crippen LogP contribution in [0.15, 0.2) is 40.8 Å². The topological polar surface area (TPSA) is 109 Å². The third kappa shape index (κ3) is 3.00. The number of hydrogen-bond donors (Lipinski definition) is 1. The highest BCUT2D eigenvalue weighted by Crippen LogP contribution is 2.37. The average Bonchev–Trinajstić information content (AvgIpc) is 2.98. The van der Waals surface area contributed by atoms with Crippen LogP contribution in [0.2, 0.25) is 0 Å². The van der Waals surface area contributed by atoms with Gasteiger partial charge in [-0.25, -0.2) is 14.0 Å². The molecule has 0 radical (unpaired) electrons. The molecule has 0 aliphatic heterocycles. The summed E-state index contributed by atoms with van der Waals surface area (Å²) in [7, 11) is 1.36. The number of amides is 1. The smallest absolute Gasteiger partial charge is 0.412 e. The van der Waals surface area contributed by atoms with E-state index in [0.717, 1.165) is 0 Å². The summed E-state index contributed by atoms with van der Waals surface area (Å²) >= 11 is 0. The van der Waals surface area contributed by atoms with Crippen molar-refractivity contribution in [3.05, 3.63) is 53.3 Å². The van der Waals surface area contributed by atoms with Gasteiger partial charge < -0.3 is 19.6 Å².